The Balaban J connectivity index is 1.94. The Labute approximate surface area is 76.0 Å². The molecule has 64 valence electrons. The number of nitrogens with one attached hydrogen (secondary N) is 1. The lowest BCUT2D eigenvalue weighted by atomic mass is 10.2. The molecule has 2 heterocycles. The van der Waals surface area contributed by atoms with Crippen molar-refractivity contribution in [2.45, 2.75) is 12.5 Å². The molecule has 1 aliphatic heterocycles. The zero-order valence-corrected chi connectivity index (χ0v) is 7.55. The molecule has 1 N–H and O–H groups in total. The van der Waals surface area contributed by atoms with Crippen LogP contribution in [0.5, 0.6) is 0 Å². The third-order valence-electron chi connectivity index (χ3n) is 1.86. The minimum Gasteiger partial charge on any atom is -0.366 e. The van der Waals surface area contributed by atoms with Crippen LogP contribution in [-0.4, -0.2) is 27.5 Å². The summed E-state index contributed by atoms with van der Waals surface area (Å²) < 4.78 is 0. The summed E-state index contributed by atoms with van der Waals surface area (Å²) in [4.78, 5) is 7.97. The second-order valence-electron chi connectivity index (χ2n) is 2.80. The molecule has 0 aliphatic carbocycles. The van der Waals surface area contributed by atoms with Gasteiger partial charge in [0.25, 0.3) is 0 Å². The van der Waals surface area contributed by atoms with Gasteiger partial charge >= 0.3 is 0 Å². The van der Waals surface area contributed by atoms with E-state index in [1.165, 1.54) is 17.9 Å². The van der Waals surface area contributed by atoms with Gasteiger partial charge in [-0.15, -0.1) is 0 Å². The molecule has 2 rings (SSSR count). The molecule has 1 aromatic heterocycles. The molecule has 1 saturated heterocycles. The fraction of sp³-hybridized carbons (Fsp3) is 0.500. The van der Waals surface area contributed by atoms with Crippen molar-refractivity contribution in [1.29, 1.82) is 0 Å². The summed E-state index contributed by atoms with van der Waals surface area (Å²) in [5.41, 5.74) is 0. The van der Waals surface area contributed by atoms with Gasteiger partial charge in [-0.2, -0.15) is 11.8 Å². The molecule has 1 aliphatic rings. The summed E-state index contributed by atoms with van der Waals surface area (Å²) in [6.07, 6.45) is 4.58. The van der Waals surface area contributed by atoms with Crippen molar-refractivity contribution in [1.82, 2.24) is 9.97 Å². The lowest BCUT2D eigenvalue weighted by Crippen LogP contribution is -2.18. The Morgan fingerprint density at radius 1 is 1.58 bits per heavy atom. The first-order chi connectivity index (χ1) is 5.95. The van der Waals surface area contributed by atoms with Crippen molar-refractivity contribution in [2.75, 3.05) is 16.8 Å². The van der Waals surface area contributed by atoms with E-state index in [2.05, 4.69) is 15.3 Å². The Hall–Kier alpha value is -0.770. The van der Waals surface area contributed by atoms with Crippen molar-refractivity contribution in [3.63, 3.8) is 0 Å². The third-order valence-corrected chi connectivity index (χ3v) is 3.03. The molecule has 0 spiro atoms. The summed E-state index contributed by atoms with van der Waals surface area (Å²) in [5, 5.41) is 3.37. The van der Waals surface area contributed by atoms with Gasteiger partial charge in [0.2, 0.25) is 0 Å². The van der Waals surface area contributed by atoms with Crippen LogP contribution in [0.3, 0.4) is 0 Å². The number of hydrogen-bond acceptors (Lipinski definition) is 4. The highest BCUT2D eigenvalue weighted by atomic mass is 32.2. The number of hydrogen-bond donors (Lipinski definition) is 1. The first-order valence-electron chi connectivity index (χ1n) is 4.05. The first kappa shape index (κ1) is 7.86. The van der Waals surface area contributed by atoms with E-state index in [-0.39, 0.29) is 0 Å². The average molecular weight is 181 g/mol. The highest BCUT2D eigenvalue weighted by Gasteiger charge is 2.14. The number of rotatable bonds is 2. The van der Waals surface area contributed by atoms with E-state index < -0.39 is 0 Å². The van der Waals surface area contributed by atoms with Gasteiger partial charge in [0.15, 0.2) is 0 Å². The topological polar surface area (TPSA) is 37.8 Å². The van der Waals surface area contributed by atoms with Crippen LogP contribution in [-0.2, 0) is 0 Å². The molecule has 1 aromatic rings. The first-order valence-corrected chi connectivity index (χ1v) is 5.21. The lowest BCUT2D eigenvalue weighted by molar-refractivity contribution is 0.805. The van der Waals surface area contributed by atoms with Crippen molar-refractivity contribution in [3.8, 4) is 0 Å². The van der Waals surface area contributed by atoms with Crippen LogP contribution < -0.4 is 5.32 Å². The zero-order chi connectivity index (χ0) is 8.23. The van der Waals surface area contributed by atoms with Gasteiger partial charge in [-0.1, -0.05) is 0 Å². The van der Waals surface area contributed by atoms with Gasteiger partial charge in [-0.05, 0) is 18.2 Å². The summed E-state index contributed by atoms with van der Waals surface area (Å²) in [7, 11) is 0. The Morgan fingerprint density at radius 3 is 3.25 bits per heavy atom. The Kier molecular flexibility index (Phi) is 2.46. The SMILES string of the molecule is c1cc(NC2CCSC2)ncn1. The standard InChI is InChI=1S/C8H11N3S/c1-3-9-6-10-8(1)11-7-2-4-12-5-7/h1,3,6-7H,2,4-5H2,(H,9,10,11). The van der Waals surface area contributed by atoms with E-state index in [1.807, 2.05) is 17.8 Å². The van der Waals surface area contributed by atoms with E-state index >= 15 is 0 Å². The number of nitrogens with zero attached hydrogens (tertiary/aromatic N) is 2. The fourth-order valence-corrected chi connectivity index (χ4v) is 2.39. The third kappa shape index (κ3) is 1.88. The highest BCUT2D eigenvalue weighted by Crippen LogP contribution is 2.19. The van der Waals surface area contributed by atoms with Crippen molar-refractivity contribution in [2.24, 2.45) is 0 Å². The summed E-state index contributed by atoms with van der Waals surface area (Å²) in [6.45, 7) is 0. The molecule has 1 fully saturated rings. The number of thioether (sulfide) groups is 1. The summed E-state index contributed by atoms with van der Waals surface area (Å²) in [6, 6.07) is 2.51. The lowest BCUT2D eigenvalue weighted by Gasteiger charge is -2.10. The normalized spacial score (nSPS) is 22.5. The molecule has 3 nitrogen and oxygen atoms in total. The van der Waals surface area contributed by atoms with Gasteiger partial charge in [-0.25, -0.2) is 9.97 Å². The highest BCUT2D eigenvalue weighted by molar-refractivity contribution is 7.99. The average Bonchev–Trinajstić information content (AvgIpc) is 2.59. The van der Waals surface area contributed by atoms with Gasteiger partial charge in [-0.3, -0.25) is 0 Å². The Bertz CT molecular complexity index is 233. The van der Waals surface area contributed by atoms with E-state index in [1.54, 1.807) is 12.5 Å². The molecular weight excluding hydrogens is 170 g/mol. The van der Waals surface area contributed by atoms with Crippen LogP contribution in [0.25, 0.3) is 0 Å². The van der Waals surface area contributed by atoms with Crippen LogP contribution >= 0.6 is 11.8 Å². The Morgan fingerprint density at radius 2 is 2.58 bits per heavy atom. The maximum absolute atomic E-state index is 4.11. The van der Waals surface area contributed by atoms with Gasteiger partial charge in [0.05, 0.1) is 0 Å². The molecule has 0 saturated carbocycles. The molecule has 1 atom stereocenters. The second-order valence-corrected chi connectivity index (χ2v) is 3.95. The van der Waals surface area contributed by atoms with Crippen molar-refractivity contribution < 1.29 is 0 Å². The van der Waals surface area contributed by atoms with E-state index in [0.29, 0.717) is 6.04 Å². The fourth-order valence-electron chi connectivity index (χ4n) is 1.23. The molecule has 0 amide bonds. The molecule has 0 radical (unpaired) electrons. The van der Waals surface area contributed by atoms with Crippen molar-refractivity contribution >= 4 is 17.6 Å². The summed E-state index contributed by atoms with van der Waals surface area (Å²) >= 11 is 2.00. The molecule has 0 bridgehead atoms. The van der Waals surface area contributed by atoms with Crippen LogP contribution in [0.15, 0.2) is 18.6 Å². The minimum absolute atomic E-state index is 0.602. The number of anilines is 1. The van der Waals surface area contributed by atoms with E-state index in [9.17, 15) is 0 Å². The molecular formula is C8H11N3S. The maximum atomic E-state index is 4.11. The van der Waals surface area contributed by atoms with Crippen LogP contribution in [0.2, 0.25) is 0 Å². The second kappa shape index (κ2) is 3.76. The van der Waals surface area contributed by atoms with Gasteiger partial charge in [0.1, 0.15) is 12.1 Å². The molecule has 12 heavy (non-hydrogen) atoms. The predicted octanol–water partition coefficient (Wildman–Crippen LogP) is 1.39. The van der Waals surface area contributed by atoms with Crippen LogP contribution in [0.4, 0.5) is 5.82 Å². The predicted molar refractivity (Wildman–Crippen MR) is 51.4 cm³/mol. The van der Waals surface area contributed by atoms with Crippen LogP contribution in [0.1, 0.15) is 6.42 Å². The number of aromatic nitrogens is 2. The molecule has 1 unspecified atom stereocenters. The van der Waals surface area contributed by atoms with Crippen LogP contribution in [0, 0.1) is 0 Å². The minimum atomic E-state index is 0.602. The van der Waals surface area contributed by atoms with E-state index in [4.69, 9.17) is 0 Å². The van der Waals surface area contributed by atoms with Gasteiger partial charge < -0.3 is 5.32 Å². The zero-order valence-electron chi connectivity index (χ0n) is 6.73. The summed E-state index contributed by atoms with van der Waals surface area (Å²) in [5.74, 6) is 3.41. The molecule has 0 aromatic carbocycles. The largest absolute Gasteiger partial charge is 0.366 e. The smallest absolute Gasteiger partial charge is 0.129 e. The van der Waals surface area contributed by atoms with E-state index in [0.717, 1.165) is 5.82 Å². The van der Waals surface area contributed by atoms with Gasteiger partial charge in [0, 0.05) is 18.0 Å². The van der Waals surface area contributed by atoms with Crippen molar-refractivity contribution in [3.05, 3.63) is 18.6 Å². The monoisotopic (exact) mass is 181 g/mol. The maximum Gasteiger partial charge on any atom is 0.129 e. The quantitative estimate of drug-likeness (QED) is 0.748. The molecule has 4 heteroatoms.